The van der Waals surface area contributed by atoms with Crippen LogP contribution in [0, 0.1) is 0 Å². The van der Waals surface area contributed by atoms with E-state index in [0.29, 0.717) is 11.1 Å². The molecule has 0 spiro atoms. The van der Waals surface area contributed by atoms with Crippen LogP contribution in [0.1, 0.15) is 9.60 Å². The van der Waals surface area contributed by atoms with Gasteiger partial charge < -0.3 is 4.42 Å². The summed E-state index contributed by atoms with van der Waals surface area (Å²) in [5, 5.41) is 2.03. The summed E-state index contributed by atoms with van der Waals surface area (Å²) in [6.07, 6.45) is 0. The van der Waals surface area contributed by atoms with Crippen LogP contribution in [0.4, 0.5) is 0 Å². The zero-order valence-corrected chi connectivity index (χ0v) is 24.8. The number of fused-ring (bicyclic) bond motifs is 4. The van der Waals surface area contributed by atoms with Crippen molar-refractivity contribution in [3.8, 4) is 56.4 Å². The summed E-state index contributed by atoms with van der Waals surface area (Å²) in [7, 11) is 0. The summed E-state index contributed by atoms with van der Waals surface area (Å²) >= 11 is 0. The first-order chi connectivity index (χ1) is 26.2. The van der Waals surface area contributed by atoms with Crippen LogP contribution in [0.25, 0.3) is 89.1 Å². The summed E-state index contributed by atoms with van der Waals surface area (Å²) in [6, 6.07) is 36.9. The Balaban J connectivity index is 1.31. The Kier molecular flexibility index (Phi) is 4.91. The van der Waals surface area contributed by atoms with Crippen molar-refractivity contribution >= 4 is 32.7 Å². The van der Waals surface area contributed by atoms with E-state index in [9.17, 15) is 0 Å². The third kappa shape index (κ3) is 4.93. The number of para-hydroxylation sites is 1. The third-order valence-electron chi connectivity index (χ3n) is 8.26. The van der Waals surface area contributed by atoms with Crippen LogP contribution in [0.2, 0.25) is 0 Å². The SMILES string of the molecule is [2H]c1c([2H])c([2H])c2c(oc3c([2H])c([2H])c([2H])c(-c4nc(-c5ccc(-c6ccccc6)cc5)nc(-c5ccc6ccc(-c7ccccc7)cc6c5)n4)c32)c1[2H]. The number of furan rings is 1. The molecular weight excluding hydrogens is 574 g/mol. The standard InChI is InChI=1S/C43H27N3O/c1-3-10-28(11-4-1)30-18-22-32(23-19-30)41-44-42(34-25-21-31-20-24-33(26-35(31)27-34)29-12-5-2-6-13-29)46-43(45-41)37-15-9-17-39-40(37)36-14-7-8-16-38(36)47-39/h1-27H/i7D,8D,9D,14D,15D,16D,17D. The number of nitrogens with zero attached hydrogens (tertiary/aromatic N) is 3. The molecule has 9 aromatic rings. The number of aromatic nitrogens is 3. The molecule has 220 valence electrons. The Morgan fingerprint density at radius 3 is 1.74 bits per heavy atom. The molecule has 4 nitrogen and oxygen atoms in total. The van der Waals surface area contributed by atoms with Gasteiger partial charge in [0, 0.05) is 27.5 Å². The number of rotatable bonds is 5. The number of hydrogen-bond acceptors (Lipinski definition) is 4. The molecule has 0 aliphatic heterocycles. The van der Waals surface area contributed by atoms with Crippen molar-refractivity contribution in [2.24, 2.45) is 0 Å². The number of benzene rings is 7. The topological polar surface area (TPSA) is 51.8 Å². The average Bonchev–Trinajstić information content (AvgIpc) is 3.62. The van der Waals surface area contributed by atoms with Gasteiger partial charge in [0.05, 0.1) is 9.60 Å². The second-order valence-corrected chi connectivity index (χ2v) is 11.2. The minimum atomic E-state index is -0.493. The van der Waals surface area contributed by atoms with Gasteiger partial charge in [-0.05, 0) is 57.2 Å². The van der Waals surface area contributed by atoms with Gasteiger partial charge in [-0.3, -0.25) is 0 Å². The van der Waals surface area contributed by atoms with Gasteiger partial charge in [0.25, 0.3) is 0 Å². The van der Waals surface area contributed by atoms with Gasteiger partial charge in [0.2, 0.25) is 0 Å². The van der Waals surface area contributed by atoms with Crippen LogP contribution in [0.5, 0.6) is 0 Å². The van der Waals surface area contributed by atoms with Crippen molar-refractivity contribution in [1.82, 2.24) is 15.0 Å². The Bertz CT molecular complexity index is 2950. The lowest BCUT2D eigenvalue weighted by molar-refractivity contribution is 0.669. The summed E-state index contributed by atoms with van der Waals surface area (Å²) in [6.45, 7) is 0. The molecule has 9 rings (SSSR count). The maximum atomic E-state index is 9.14. The van der Waals surface area contributed by atoms with E-state index < -0.39 is 36.3 Å². The second kappa shape index (κ2) is 11.2. The molecule has 47 heavy (non-hydrogen) atoms. The fraction of sp³-hybridized carbons (Fsp3) is 0. The van der Waals surface area contributed by atoms with E-state index in [4.69, 9.17) is 29.0 Å². The molecule has 4 heteroatoms. The highest BCUT2D eigenvalue weighted by atomic mass is 16.3. The van der Waals surface area contributed by atoms with Gasteiger partial charge >= 0.3 is 0 Å². The highest BCUT2D eigenvalue weighted by Crippen LogP contribution is 2.37. The predicted octanol–water partition coefficient (Wildman–Crippen LogP) is 11.3. The second-order valence-electron chi connectivity index (χ2n) is 11.2. The monoisotopic (exact) mass is 608 g/mol. The van der Waals surface area contributed by atoms with Crippen molar-refractivity contribution in [2.75, 3.05) is 0 Å². The van der Waals surface area contributed by atoms with E-state index in [0.717, 1.165) is 33.0 Å². The normalized spacial score (nSPS) is 13.5. The Morgan fingerprint density at radius 2 is 0.979 bits per heavy atom. The van der Waals surface area contributed by atoms with Gasteiger partial charge in [0.15, 0.2) is 17.5 Å². The first kappa shape index (κ1) is 20.6. The van der Waals surface area contributed by atoms with Crippen molar-refractivity contribution < 1.29 is 14.0 Å². The predicted molar refractivity (Wildman–Crippen MR) is 192 cm³/mol. The fourth-order valence-corrected chi connectivity index (χ4v) is 5.91. The van der Waals surface area contributed by atoms with Gasteiger partial charge in [0.1, 0.15) is 11.2 Å². The lowest BCUT2D eigenvalue weighted by Gasteiger charge is -2.11. The van der Waals surface area contributed by atoms with E-state index in [2.05, 4.69) is 30.3 Å². The average molecular weight is 609 g/mol. The van der Waals surface area contributed by atoms with E-state index >= 15 is 0 Å². The molecule has 7 aromatic carbocycles. The molecule has 0 bridgehead atoms. The molecule has 0 atom stereocenters. The largest absolute Gasteiger partial charge is 0.456 e. The molecule has 0 saturated heterocycles. The quantitative estimate of drug-likeness (QED) is 0.195. The van der Waals surface area contributed by atoms with Crippen LogP contribution in [-0.4, -0.2) is 15.0 Å². The number of hydrogen-bond donors (Lipinski definition) is 0. The van der Waals surface area contributed by atoms with E-state index in [1.54, 1.807) is 0 Å². The zero-order valence-electron chi connectivity index (χ0n) is 31.8. The highest BCUT2D eigenvalue weighted by molar-refractivity contribution is 6.11. The van der Waals surface area contributed by atoms with Crippen molar-refractivity contribution in [3.63, 3.8) is 0 Å². The molecule has 0 aliphatic rings. The van der Waals surface area contributed by atoms with Crippen LogP contribution >= 0.6 is 0 Å². The summed E-state index contributed by atoms with van der Waals surface area (Å²) in [5.41, 5.74) is 5.18. The summed E-state index contributed by atoms with van der Waals surface area (Å²) in [5.74, 6) is 0.577. The van der Waals surface area contributed by atoms with Gasteiger partial charge in [-0.25, -0.2) is 15.0 Å². The molecule has 0 amide bonds. The zero-order chi connectivity index (χ0) is 37.2. The van der Waals surface area contributed by atoms with Crippen LogP contribution < -0.4 is 0 Å². The lowest BCUT2D eigenvalue weighted by Crippen LogP contribution is -2.00. The van der Waals surface area contributed by atoms with E-state index in [1.807, 2.05) is 91.0 Å². The summed E-state index contributed by atoms with van der Waals surface area (Å²) < 4.78 is 66.5. The van der Waals surface area contributed by atoms with Gasteiger partial charge in [-0.1, -0.05) is 139 Å². The summed E-state index contributed by atoms with van der Waals surface area (Å²) in [4.78, 5) is 14.7. The smallest absolute Gasteiger partial charge is 0.164 e. The van der Waals surface area contributed by atoms with E-state index in [-0.39, 0.29) is 51.0 Å². The Labute approximate surface area is 281 Å². The van der Waals surface area contributed by atoms with Crippen LogP contribution in [0.15, 0.2) is 168 Å². The van der Waals surface area contributed by atoms with Crippen LogP contribution in [-0.2, 0) is 0 Å². The molecule has 2 aromatic heterocycles. The van der Waals surface area contributed by atoms with Gasteiger partial charge in [-0.2, -0.15) is 0 Å². The molecule has 2 heterocycles. The lowest BCUT2D eigenvalue weighted by atomic mass is 9.99. The maximum absolute atomic E-state index is 9.14. The molecular formula is C43H27N3O. The van der Waals surface area contributed by atoms with Gasteiger partial charge in [-0.15, -0.1) is 0 Å². The minimum absolute atomic E-state index is 0.00104. The Hall–Kier alpha value is -6.39. The molecule has 0 aliphatic carbocycles. The first-order valence-corrected chi connectivity index (χ1v) is 15.1. The Morgan fingerprint density at radius 1 is 0.426 bits per heavy atom. The van der Waals surface area contributed by atoms with E-state index in [1.165, 1.54) is 0 Å². The molecule has 0 saturated carbocycles. The third-order valence-corrected chi connectivity index (χ3v) is 8.26. The highest BCUT2D eigenvalue weighted by Gasteiger charge is 2.18. The van der Waals surface area contributed by atoms with Crippen LogP contribution in [0.3, 0.4) is 0 Å². The first-order valence-electron chi connectivity index (χ1n) is 18.6. The van der Waals surface area contributed by atoms with Crippen molar-refractivity contribution in [1.29, 1.82) is 0 Å². The molecule has 0 N–H and O–H groups in total. The minimum Gasteiger partial charge on any atom is -0.456 e. The molecule has 0 radical (unpaired) electrons. The fourth-order valence-electron chi connectivity index (χ4n) is 5.91. The molecule has 0 unspecified atom stereocenters. The van der Waals surface area contributed by atoms with Crippen molar-refractivity contribution in [2.45, 2.75) is 0 Å². The van der Waals surface area contributed by atoms with Crippen molar-refractivity contribution in [3.05, 3.63) is 164 Å². The maximum Gasteiger partial charge on any atom is 0.164 e. The molecule has 0 fully saturated rings.